The van der Waals surface area contributed by atoms with Crippen LogP contribution in [-0.4, -0.2) is 61.4 Å². The minimum Gasteiger partial charge on any atom is -0.473 e. The molecule has 0 atom stereocenters. The van der Waals surface area contributed by atoms with Crippen molar-refractivity contribution in [3.63, 3.8) is 0 Å². The average molecular weight is 501 g/mol. The van der Waals surface area contributed by atoms with E-state index in [0.29, 0.717) is 11.5 Å². The first-order valence-corrected chi connectivity index (χ1v) is 12.1. The van der Waals surface area contributed by atoms with Gasteiger partial charge in [0.15, 0.2) is 5.58 Å². The van der Waals surface area contributed by atoms with Crippen LogP contribution >= 0.6 is 0 Å². The van der Waals surface area contributed by atoms with E-state index in [1.54, 1.807) is 6.07 Å². The number of benzene rings is 1. The van der Waals surface area contributed by atoms with Crippen molar-refractivity contribution in [3.05, 3.63) is 57.1 Å². The Morgan fingerprint density at radius 2 is 1.86 bits per heavy atom. The number of aromatic nitrogens is 3. The van der Waals surface area contributed by atoms with Crippen molar-refractivity contribution >= 4 is 22.9 Å². The molecule has 0 aliphatic carbocycles. The third-order valence-electron chi connectivity index (χ3n) is 6.88. The molecule has 36 heavy (non-hydrogen) atoms. The number of fused-ring (bicyclic) bond motifs is 2. The van der Waals surface area contributed by atoms with Crippen molar-refractivity contribution in [2.75, 3.05) is 19.6 Å². The summed E-state index contributed by atoms with van der Waals surface area (Å²) in [7, 11) is 0. The largest absolute Gasteiger partial charge is 0.473 e. The van der Waals surface area contributed by atoms with Gasteiger partial charge in [0.1, 0.15) is 11.6 Å². The summed E-state index contributed by atoms with van der Waals surface area (Å²) in [5.41, 5.74) is 3.38. The van der Waals surface area contributed by atoms with Crippen LogP contribution in [0.1, 0.15) is 54.4 Å². The van der Waals surface area contributed by atoms with E-state index in [-0.39, 0.29) is 11.4 Å². The van der Waals surface area contributed by atoms with Crippen molar-refractivity contribution in [1.82, 2.24) is 19.6 Å². The number of piperidine rings is 1. The molecule has 0 unspecified atom stereocenters. The number of rotatable bonds is 4. The SMILES string of the molecule is Cc1nc2n(c(=O)c1CCN1CCC(c3noc4cc(F)ccc34)CC1)CCCC2.O=C(O)C(=O)O. The molecule has 1 fully saturated rings. The highest BCUT2D eigenvalue weighted by Crippen LogP contribution is 2.32. The van der Waals surface area contributed by atoms with Crippen molar-refractivity contribution in [1.29, 1.82) is 0 Å². The Kier molecular flexibility index (Phi) is 7.78. The molecule has 2 N–H and O–H groups in total. The van der Waals surface area contributed by atoms with Crippen LogP contribution in [0.4, 0.5) is 4.39 Å². The molecule has 0 saturated carbocycles. The lowest BCUT2D eigenvalue weighted by Crippen LogP contribution is -2.37. The molecule has 192 valence electrons. The number of carbonyl (C=O) groups is 2. The number of carboxylic acid groups (broad SMARTS) is 2. The topological polar surface area (TPSA) is 139 Å². The first-order valence-electron chi connectivity index (χ1n) is 12.1. The lowest BCUT2D eigenvalue weighted by molar-refractivity contribution is -0.159. The maximum atomic E-state index is 13.4. The lowest BCUT2D eigenvalue weighted by atomic mass is 9.91. The number of carboxylic acids is 2. The summed E-state index contributed by atoms with van der Waals surface area (Å²) in [6.07, 6.45) is 5.81. The van der Waals surface area contributed by atoms with Crippen molar-refractivity contribution in [2.24, 2.45) is 0 Å². The Balaban J connectivity index is 0.000000455. The zero-order valence-electron chi connectivity index (χ0n) is 20.1. The van der Waals surface area contributed by atoms with Gasteiger partial charge in [-0.1, -0.05) is 5.16 Å². The molecule has 11 heteroatoms. The number of aliphatic carboxylic acids is 2. The predicted octanol–water partition coefficient (Wildman–Crippen LogP) is 2.75. The van der Waals surface area contributed by atoms with Gasteiger partial charge in [-0.25, -0.2) is 19.0 Å². The molecule has 0 amide bonds. The normalized spacial score (nSPS) is 16.3. The van der Waals surface area contributed by atoms with Gasteiger partial charge in [-0.3, -0.25) is 9.36 Å². The smallest absolute Gasteiger partial charge is 0.414 e. The van der Waals surface area contributed by atoms with Crippen LogP contribution in [0.15, 0.2) is 27.5 Å². The Morgan fingerprint density at radius 1 is 1.14 bits per heavy atom. The lowest BCUT2D eigenvalue weighted by Gasteiger charge is -2.31. The highest BCUT2D eigenvalue weighted by molar-refractivity contribution is 6.27. The molecule has 5 rings (SSSR count). The van der Waals surface area contributed by atoms with Gasteiger partial charge in [0.05, 0.1) is 5.69 Å². The highest BCUT2D eigenvalue weighted by atomic mass is 19.1. The molecule has 2 aromatic heterocycles. The summed E-state index contributed by atoms with van der Waals surface area (Å²) in [5, 5.41) is 19.9. The highest BCUT2D eigenvalue weighted by Gasteiger charge is 2.25. The number of nitrogens with zero attached hydrogens (tertiary/aromatic N) is 4. The van der Waals surface area contributed by atoms with Gasteiger partial charge in [-0.15, -0.1) is 0 Å². The Morgan fingerprint density at radius 3 is 2.56 bits per heavy atom. The Labute approximate surface area is 206 Å². The quantitative estimate of drug-likeness (QED) is 0.518. The molecular formula is C25H29FN4O6. The van der Waals surface area contributed by atoms with Crippen LogP contribution in [0, 0.1) is 12.7 Å². The number of aryl methyl sites for hydroxylation is 2. The summed E-state index contributed by atoms with van der Waals surface area (Å²) >= 11 is 0. The zero-order chi connectivity index (χ0) is 25.8. The molecule has 0 spiro atoms. The van der Waals surface area contributed by atoms with Crippen molar-refractivity contribution in [2.45, 2.75) is 57.9 Å². The summed E-state index contributed by atoms with van der Waals surface area (Å²) in [4.78, 5) is 38.3. The van der Waals surface area contributed by atoms with Gasteiger partial charge in [-0.2, -0.15) is 0 Å². The predicted molar refractivity (Wildman–Crippen MR) is 128 cm³/mol. The van der Waals surface area contributed by atoms with E-state index in [4.69, 9.17) is 29.3 Å². The van der Waals surface area contributed by atoms with Crippen LogP contribution in [0.25, 0.3) is 11.0 Å². The standard InChI is InChI=1S/C23H27FN4O2.C2H2O4/c1-15-18(23(29)28-10-3-2-4-21(28)25-15)9-13-27-11-7-16(8-12-27)22-19-6-5-17(24)14-20(19)30-26-22;3-1(4)2(5)6/h5-6,14,16H,2-4,7-13H2,1H3;(H,3,4)(H,5,6). The van der Waals surface area contributed by atoms with E-state index in [0.717, 1.165) is 92.9 Å². The van der Waals surface area contributed by atoms with Crippen LogP contribution < -0.4 is 5.56 Å². The molecule has 3 aromatic rings. The fourth-order valence-corrected chi connectivity index (χ4v) is 4.94. The third kappa shape index (κ3) is 5.62. The zero-order valence-corrected chi connectivity index (χ0v) is 20.1. The number of likely N-dealkylation sites (tertiary alicyclic amines) is 1. The second-order valence-corrected chi connectivity index (χ2v) is 9.19. The van der Waals surface area contributed by atoms with Gasteiger partial charge in [0.25, 0.3) is 5.56 Å². The first-order chi connectivity index (χ1) is 17.2. The summed E-state index contributed by atoms with van der Waals surface area (Å²) in [6, 6.07) is 4.63. The molecule has 0 radical (unpaired) electrons. The second-order valence-electron chi connectivity index (χ2n) is 9.19. The molecule has 2 aliphatic rings. The van der Waals surface area contributed by atoms with Gasteiger partial charge in [0, 0.05) is 48.1 Å². The number of halogens is 1. The van der Waals surface area contributed by atoms with Crippen molar-refractivity contribution in [3.8, 4) is 0 Å². The molecule has 4 heterocycles. The van der Waals surface area contributed by atoms with E-state index >= 15 is 0 Å². The maximum Gasteiger partial charge on any atom is 0.414 e. The third-order valence-corrected chi connectivity index (χ3v) is 6.88. The Bertz CT molecular complexity index is 1310. The van der Waals surface area contributed by atoms with Crippen LogP contribution in [-0.2, 0) is 29.0 Å². The molecule has 1 saturated heterocycles. The number of hydrogen-bond donors (Lipinski definition) is 2. The monoisotopic (exact) mass is 500 g/mol. The molecule has 1 aromatic carbocycles. The minimum absolute atomic E-state index is 0.161. The van der Waals surface area contributed by atoms with Gasteiger partial charge in [0.2, 0.25) is 0 Å². The van der Waals surface area contributed by atoms with E-state index < -0.39 is 11.9 Å². The van der Waals surface area contributed by atoms with E-state index in [9.17, 15) is 9.18 Å². The summed E-state index contributed by atoms with van der Waals surface area (Å²) in [5.74, 6) is -2.67. The van der Waals surface area contributed by atoms with Crippen molar-refractivity contribution < 1.29 is 28.7 Å². The maximum absolute atomic E-state index is 13.4. The second kappa shape index (κ2) is 11.0. The molecule has 2 aliphatic heterocycles. The van der Waals surface area contributed by atoms with Gasteiger partial charge < -0.3 is 19.6 Å². The minimum atomic E-state index is -1.82. The fraction of sp³-hybridized carbons (Fsp3) is 0.480. The Hall–Kier alpha value is -3.60. The summed E-state index contributed by atoms with van der Waals surface area (Å²) < 4.78 is 20.6. The van der Waals surface area contributed by atoms with Gasteiger partial charge >= 0.3 is 11.9 Å². The van der Waals surface area contributed by atoms with Gasteiger partial charge in [-0.05, 0) is 64.3 Å². The number of hydrogen-bond acceptors (Lipinski definition) is 7. The molecular weight excluding hydrogens is 471 g/mol. The fourth-order valence-electron chi connectivity index (χ4n) is 4.94. The van der Waals surface area contributed by atoms with Crippen LogP contribution in [0.5, 0.6) is 0 Å². The van der Waals surface area contributed by atoms with Crippen LogP contribution in [0.2, 0.25) is 0 Å². The first kappa shape index (κ1) is 25.5. The molecule has 10 nitrogen and oxygen atoms in total. The average Bonchev–Trinajstić information content (AvgIpc) is 3.27. The van der Waals surface area contributed by atoms with E-state index in [1.165, 1.54) is 12.1 Å². The summed E-state index contributed by atoms with van der Waals surface area (Å²) in [6.45, 7) is 5.55. The van der Waals surface area contributed by atoms with Crippen LogP contribution in [0.3, 0.4) is 0 Å². The molecule has 0 bridgehead atoms. The van der Waals surface area contributed by atoms with E-state index in [1.807, 2.05) is 11.5 Å². The van der Waals surface area contributed by atoms with E-state index in [2.05, 4.69) is 10.1 Å².